The smallest absolute Gasteiger partial charge is 0.244 e. The van der Waals surface area contributed by atoms with Crippen LogP contribution in [0.5, 0.6) is 17.2 Å². The van der Waals surface area contributed by atoms with E-state index in [2.05, 4.69) is 25.7 Å². The van der Waals surface area contributed by atoms with Gasteiger partial charge in [-0.3, -0.25) is 4.79 Å². The number of anilines is 1. The molecule has 0 fully saturated rings. The monoisotopic (exact) mass is 466 g/mol. The second-order valence-electron chi connectivity index (χ2n) is 7.51. The van der Waals surface area contributed by atoms with E-state index in [0.717, 1.165) is 17.0 Å². The Bertz CT molecular complexity index is 1160. The molecule has 0 aliphatic rings. The Balaban J connectivity index is 1.56. The lowest BCUT2D eigenvalue weighted by Crippen LogP contribution is -2.27. The molecule has 0 aliphatic carbocycles. The van der Waals surface area contributed by atoms with Crippen molar-refractivity contribution in [3.63, 3.8) is 0 Å². The zero-order valence-corrected chi connectivity index (χ0v) is 20.3. The summed E-state index contributed by atoms with van der Waals surface area (Å²) in [5, 5.41) is 10.5. The molecule has 0 saturated carbocycles. The molecular weight excluding hydrogens is 436 g/mol. The number of nitrogens with zero attached hydrogens (tertiary/aromatic N) is 4. The van der Waals surface area contributed by atoms with Crippen molar-refractivity contribution in [3.05, 3.63) is 53.1 Å². The number of ether oxygens (including phenoxy) is 3. The molecule has 0 radical (unpaired) electrons. The summed E-state index contributed by atoms with van der Waals surface area (Å²) < 4.78 is 17.8. The minimum atomic E-state index is -0.224. The quantitative estimate of drug-likeness (QED) is 0.347. The van der Waals surface area contributed by atoms with Gasteiger partial charge in [-0.1, -0.05) is 0 Å². The summed E-state index contributed by atoms with van der Waals surface area (Å²) in [4.78, 5) is 21.1. The zero-order valence-electron chi connectivity index (χ0n) is 20.3. The van der Waals surface area contributed by atoms with Gasteiger partial charge < -0.3 is 24.8 Å². The van der Waals surface area contributed by atoms with Gasteiger partial charge in [0.05, 0.1) is 27.0 Å². The van der Waals surface area contributed by atoms with Crippen LogP contribution >= 0.6 is 0 Å². The number of hydrogen-bond acceptors (Lipinski definition) is 8. The lowest BCUT2D eigenvalue weighted by molar-refractivity contribution is -0.116. The number of nitrogens with one attached hydrogen (secondary N) is 2. The summed E-state index contributed by atoms with van der Waals surface area (Å²) in [6.07, 6.45) is 3.14. The number of rotatable bonds is 10. The van der Waals surface area contributed by atoms with Crippen LogP contribution < -0.4 is 24.8 Å². The number of aromatic nitrogens is 4. The van der Waals surface area contributed by atoms with Crippen LogP contribution in [-0.2, 0) is 4.79 Å². The second kappa shape index (κ2) is 11.2. The number of methoxy groups -OCH3 is 3. The van der Waals surface area contributed by atoms with E-state index in [9.17, 15) is 4.79 Å². The van der Waals surface area contributed by atoms with Gasteiger partial charge in [-0.05, 0) is 50.6 Å². The van der Waals surface area contributed by atoms with Crippen molar-refractivity contribution < 1.29 is 19.0 Å². The Kier molecular flexibility index (Phi) is 8.07. The number of carbonyl (C=O) groups excluding carboxylic acids is 1. The van der Waals surface area contributed by atoms with Crippen LogP contribution in [0.1, 0.15) is 22.8 Å². The normalized spacial score (nSPS) is 10.9. The molecule has 1 amide bonds. The Morgan fingerprint density at radius 3 is 2.26 bits per heavy atom. The summed E-state index contributed by atoms with van der Waals surface area (Å²) >= 11 is 0. The van der Waals surface area contributed by atoms with E-state index in [1.165, 1.54) is 6.08 Å². The first kappa shape index (κ1) is 24.6. The molecule has 3 rings (SSSR count). The van der Waals surface area contributed by atoms with E-state index in [0.29, 0.717) is 47.8 Å². The third kappa shape index (κ3) is 6.03. The third-order valence-corrected chi connectivity index (χ3v) is 4.90. The fourth-order valence-electron chi connectivity index (χ4n) is 3.42. The molecule has 0 atom stereocenters. The Labute approximate surface area is 199 Å². The van der Waals surface area contributed by atoms with Gasteiger partial charge in [-0.25, -0.2) is 14.6 Å². The molecule has 1 aromatic carbocycles. The molecule has 0 bridgehead atoms. The largest absolute Gasteiger partial charge is 0.493 e. The summed E-state index contributed by atoms with van der Waals surface area (Å²) in [5.74, 6) is 3.30. The zero-order chi connectivity index (χ0) is 24.7. The molecule has 10 heteroatoms. The second-order valence-corrected chi connectivity index (χ2v) is 7.51. The van der Waals surface area contributed by atoms with Crippen molar-refractivity contribution in [2.45, 2.75) is 20.8 Å². The summed E-state index contributed by atoms with van der Waals surface area (Å²) in [6, 6.07) is 7.36. The predicted octanol–water partition coefficient (Wildman–Crippen LogP) is 2.85. The molecule has 0 unspecified atom stereocenters. The Morgan fingerprint density at radius 1 is 0.971 bits per heavy atom. The summed E-state index contributed by atoms with van der Waals surface area (Å²) in [6.45, 7) is 6.66. The van der Waals surface area contributed by atoms with Crippen molar-refractivity contribution >= 4 is 17.8 Å². The van der Waals surface area contributed by atoms with Gasteiger partial charge in [-0.2, -0.15) is 5.10 Å². The van der Waals surface area contributed by atoms with Crippen LogP contribution in [-0.4, -0.2) is 60.1 Å². The van der Waals surface area contributed by atoms with Crippen molar-refractivity contribution in [2.75, 3.05) is 39.7 Å². The highest BCUT2D eigenvalue weighted by molar-refractivity contribution is 5.91. The van der Waals surface area contributed by atoms with Gasteiger partial charge in [0, 0.05) is 30.9 Å². The van der Waals surface area contributed by atoms with Gasteiger partial charge >= 0.3 is 0 Å². The van der Waals surface area contributed by atoms with Gasteiger partial charge in [0.2, 0.25) is 11.7 Å². The van der Waals surface area contributed by atoms with E-state index >= 15 is 0 Å². The molecule has 10 nitrogen and oxygen atoms in total. The number of amides is 1. The van der Waals surface area contributed by atoms with Crippen LogP contribution in [0, 0.1) is 20.8 Å². The van der Waals surface area contributed by atoms with Crippen molar-refractivity contribution in [1.29, 1.82) is 0 Å². The molecule has 3 aromatic rings. The summed E-state index contributed by atoms with van der Waals surface area (Å²) in [7, 11) is 4.63. The summed E-state index contributed by atoms with van der Waals surface area (Å²) in [5.41, 5.74) is 2.66. The van der Waals surface area contributed by atoms with Gasteiger partial charge in [0.25, 0.3) is 0 Å². The first-order valence-electron chi connectivity index (χ1n) is 10.7. The van der Waals surface area contributed by atoms with Crippen LogP contribution in [0.4, 0.5) is 5.82 Å². The lowest BCUT2D eigenvalue weighted by atomic mass is 10.1. The van der Waals surface area contributed by atoms with Gasteiger partial charge in [-0.15, -0.1) is 0 Å². The minimum Gasteiger partial charge on any atom is -0.493 e. The van der Waals surface area contributed by atoms with Crippen molar-refractivity contribution in [3.8, 4) is 23.1 Å². The maximum absolute atomic E-state index is 12.2. The average molecular weight is 467 g/mol. The first-order valence-corrected chi connectivity index (χ1v) is 10.7. The molecule has 0 aliphatic heterocycles. The van der Waals surface area contributed by atoms with Crippen LogP contribution in [0.25, 0.3) is 11.9 Å². The molecular formula is C24H30N6O4. The first-order chi connectivity index (χ1) is 16.3. The number of carbonyl (C=O) groups is 1. The van der Waals surface area contributed by atoms with E-state index in [1.54, 1.807) is 44.2 Å². The Hall–Kier alpha value is -4.08. The highest BCUT2D eigenvalue weighted by Crippen LogP contribution is 2.38. The molecule has 2 aromatic heterocycles. The molecule has 0 saturated heterocycles. The van der Waals surface area contributed by atoms with Crippen LogP contribution in [0.2, 0.25) is 0 Å². The van der Waals surface area contributed by atoms with E-state index < -0.39 is 0 Å². The third-order valence-electron chi connectivity index (χ3n) is 4.90. The fraction of sp³-hybridized carbons (Fsp3) is 0.333. The van der Waals surface area contributed by atoms with Crippen molar-refractivity contribution in [2.24, 2.45) is 0 Å². The molecule has 2 N–H and O–H groups in total. The maximum Gasteiger partial charge on any atom is 0.244 e. The van der Waals surface area contributed by atoms with Crippen LogP contribution in [0.3, 0.4) is 0 Å². The molecule has 34 heavy (non-hydrogen) atoms. The van der Waals surface area contributed by atoms with Gasteiger partial charge in [0.1, 0.15) is 11.6 Å². The Morgan fingerprint density at radius 2 is 1.68 bits per heavy atom. The fourth-order valence-corrected chi connectivity index (χ4v) is 3.42. The lowest BCUT2D eigenvalue weighted by Gasteiger charge is -2.12. The average Bonchev–Trinajstić information content (AvgIpc) is 3.17. The topological polar surface area (TPSA) is 112 Å². The SMILES string of the molecule is COc1cc(/C=C/C(=O)NCCNc2cc(-n3nc(C)cc3C)nc(C)n2)cc(OC)c1OC. The highest BCUT2D eigenvalue weighted by atomic mass is 16.5. The maximum atomic E-state index is 12.2. The van der Waals surface area contributed by atoms with E-state index in [-0.39, 0.29) is 5.91 Å². The number of aryl methyl sites for hydroxylation is 3. The minimum absolute atomic E-state index is 0.224. The predicted molar refractivity (Wildman–Crippen MR) is 130 cm³/mol. The molecule has 2 heterocycles. The van der Waals surface area contributed by atoms with Crippen molar-refractivity contribution in [1.82, 2.24) is 25.1 Å². The highest BCUT2D eigenvalue weighted by Gasteiger charge is 2.12. The standard InChI is InChI=1S/C24H30N6O4/c1-15-11-16(2)30(29-15)22-14-21(27-17(3)28-22)25-9-10-26-23(31)8-7-18-12-19(32-4)24(34-6)20(13-18)33-5/h7-8,11-14H,9-10H2,1-6H3,(H,26,31)(H,25,27,28)/b8-7+. The number of hydrogen-bond donors (Lipinski definition) is 2. The van der Waals surface area contributed by atoms with Gasteiger partial charge in [0.15, 0.2) is 17.3 Å². The van der Waals surface area contributed by atoms with Crippen LogP contribution in [0.15, 0.2) is 30.3 Å². The van der Waals surface area contributed by atoms with E-state index in [4.69, 9.17) is 14.2 Å². The van der Waals surface area contributed by atoms with E-state index in [1.807, 2.05) is 32.9 Å². The number of benzene rings is 1. The molecule has 180 valence electrons. The molecule has 0 spiro atoms.